The number of nitrogens with one attached hydrogen (secondary N) is 1. The fraction of sp³-hybridized carbons (Fsp3) is 0.308. The summed E-state index contributed by atoms with van der Waals surface area (Å²) in [6, 6.07) is 7.24. The van der Waals surface area contributed by atoms with Crippen LogP contribution in [0.15, 0.2) is 24.3 Å². The van der Waals surface area contributed by atoms with Crippen LogP contribution in [0.1, 0.15) is 21.1 Å². The second-order valence-corrected chi connectivity index (χ2v) is 5.31. The minimum atomic E-state index is 0.305. The first-order valence-corrected chi connectivity index (χ1v) is 6.38. The van der Waals surface area contributed by atoms with Gasteiger partial charge in [0.1, 0.15) is 10.8 Å². The van der Waals surface area contributed by atoms with Crippen LogP contribution >= 0.6 is 11.3 Å². The van der Waals surface area contributed by atoms with Crippen molar-refractivity contribution in [3.8, 4) is 5.75 Å². The van der Waals surface area contributed by atoms with Crippen LogP contribution in [-0.4, -0.2) is 10.1 Å². The summed E-state index contributed by atoms with van der Waals surface area (Å²) in [4.78, 5) is 5.76. The number of rotatable bonds is 4. The van der Waals surface area contributed by atoms with Gasteiger partial charge in [-0.05, 0) is 31.5 Å². The Kier molecular flexibility index (Phi) is 3.76. The van der Waals surface area contributed by atoms with Crippen molar-refractivity contribution < 1.29 is 5.11 Å². The lowest BCUT2D eigenvalue weighted by Crippen LogP contribution is -2.12. The number of hydrogen-bond donors (Lipinski definition) is 2. The molecule has 0 saturated heterocycles. The van der Waals surface area contributed by atoms with E-state index in [1.165, 1.54) is 4.88 Å². The molecule has 2 rings (SSSR count). The summed E-state index contributed by atoms with van der Waals surface area (Å²) in [5.74, 6) is 0.305. The first-order chi connectivity index (χ1) is 8.15. The quantitative estimate of drug-likeness (QED) is 0.874. The van der Waals surface area contributed by atoms with E-state index in [4.69, 9.17) is 5.11 Å². The molecule has 0 aliphatic heterocycles. The Bertz CT molecular complexity index is 471. The van der Waals surface area contributed by atoms with Gasteiger partial charge in [0.25, 0.3) is 0 Å². The molecule has 90 valence electrons. The summed E-state index contributed by atoms with van der Waals surface area (Å²) in [7, 11) is 0. The van der Waals surface area contributed by atoms with E-state index >= 15 is 0 Å². The first-order valence-electron chi connectivity index (χ1n) is 5.56. The minimum absolute atomic E-state index is 0.305. The van der Waals surface area contributed by atoms with E-state index in [1.807, 2.05) is 19.1 Å². The van der Waals surface area contributed by atoms with E-state index in [1.54, 1.807) is 23.5 Å². The Morgan fingerprint density at radius 2 is 1.88 bits per heavy atom. The van der Waals surface area contributed by atoms with Gasteiger partial charge in [-0.25, -0.2) is 4.98 Å². The highest BCUT2D eigenvalue weighted by Gasteiger charge is 2.02. The van der Waals surface area contributed by atoms with Gasteiger partial charge in [0.15, 0.2) is 0 Å². The van der Waals surface area contributed by atoms with Gasteiger partial charge in [-0.1, -0.05) is 12.1 Å². The van der Waals surface area contributed by atoms with Crippen molar-refractivity contribution in [1.82, 2.24) is 10.3 Å². The summed E-state index contributed by atoms with van der Waals surface area (Å²) in [6.45, 7) is 5.71. The molecule has 0 aliphatic carbocycles. The lowest BCUT2D eigenvalue weighted by atomic mass is 10.2. The van der Waals surface area contributed by atoms with Crippen LogP contribution in [0.2, 0.25) is 0 Å². The summed E-state index contributed by atoms with van der Waals surface area (Å²) in [6.07, 6.45) is 0. The van der Waals surface area contributed by atoms with Gasteiger partial charge >= 0.3 is 0 Å². The fourth-order valence-electron chi connectivity index (χ4n) is 1.54. The molecule has 1 heterocycles. The van der Waals surface area contributed by atoms with Crippen molar-refractivity contribution in [2.45, 2.75) is 26.9 Å². The Balaban J connectivity index is 1.85. The van der Waals surface area contributed by atoms with Gasteiger partial charge in [-0.3, -0.25) is 0 Å². The van der Waals surface area contributed by atoms with E-state index in [2.05, 4.69) is 17.2 Å². The lowest BCUT2D eigenvalue weighted by Gasteiger charge is -2.02. The van der Waals surface area contributed by atoms with E-state index in [0.717, 1.165) is 29.4 Å². The molecule has 0 atom stereocenters. The van der Waals surface area contributed by atoms with E-state index in [0.29, 0.717) is 5.75 Å². The summed E-state index contributed by atoms with van der Waals surface area (Å²) in [5.41, 5.74) is 2.28. The van der Waals surface area contributed by atoms with Crippen molar-refractivity contribution in [1.29, 1.82) is 0 Å². The molecule has 2 N–H and O–H groups in total. The van der Waals surface area contributed by atoms with Crippen molar-refractivity contribution >= 4 is 11.3 Å². The number of aryl methyl sites for hydroxylation is 2. The third kappa shape index (κ3) is 3.28. The smallest absolute Gasteiger partial charge is 0.115 e. The Hall–Kier alpha value is -1.39. The molecule has 0 aliphatic rings. The number of aromatic nitrogens is 1. The summed E-state index contributed by atoms with van der Waals surface area (Å²) < 4.78 is 0. The van der Waals surface area contributed by atoms with Crippen LogP contribution in [0.4, 0.5) is 0 Å². The second-order valence-electron chi connectivity index (χ2n) is 4.02. The number of hydrogen-bond acceptors (Lipinski definition) is 4. The van der Waals surface area contributed by atoms with E-state index in [9.17, 15) is 0 Å². The SMILES string of the molecule is Cc1nc(CNCc2ccc(O)cc2)sc1C. The standard InChI is InChI=1S/C13H16N2OS/c1-9-10(2)17-13(15-9)8-14-7-11-3-5-12(16)6-4-11/h3-6,14,16H,7-8H2,1-2H3. The maximum absolute atomic E-state index is 9.16. The third-order valence-corrected chi connectivity index (χ3v) is 3.69. The predicted molar refractivity (Wildman–Crippen MR) is 70.2 cm³/mol. The molecule has 17 heavy (non-hydrogen) atoms. The molecular weight excluding hydrogens is 232 g/mol. The zero-order chi connectivity index (χ0) is 12.3. The van der Waals surface area contributed by atoms with E-state index in [-0.39, 0.29) is 0 Å². The minimum Gasteiger partial charge on any atom is -0.508 e. The molecule has 0 fully saturated rings. The van der Waals surface area contributed by atoms with Crippen LogP contribution in [0.25, 0.3) is 0 Å². The normalized spacial score (nSPS) is 10.7. The highest BCUT2D eigenvalue weighted by Crippen LogP contribution is 2.16. The van der Waals surface area contributed by atoms with Crippen LogP contribution in [0.5, 0.6) is 5.75 Å². The van der Waals surface area contributed by atoms with Crippen LogP contribution in [0, 0.1) is 13.8 Å². The molecule has 1 aromatic heterocycles. The molecular formula is C13H16N2OS. The molecule has 3 nitrogen and oxygen atoms in total. The Morgan fingerprint density at radius 1 is 1.18 bits per heavy atom. The topological polar surface area (TPSA) is 45.2 Å². The fourth-order valence-corrected chi connectivity index (χ4v) is 2.45. The molecule has 0 radical (unpaired) electrons. The molecule has 0 unspecified atom stereocenters. The average Bonchev–Trinajstić information content (AvgIpc) is 2.61. The highest BCUT2D eigenvalue weighted by molar-refractivity contribution is 7.11. The van der Waals surface area contributed by atoms with E-state index < -0.39 is 0 Å². The predicted octanol–water partition coefficient (Wildman–Crippen LogP) is 2.76. The number of aromatic hydroxyl groups is 1. The molecule has 0 saturated carbocycles. The van der Waals surface area contributed by atoms with Gasteiger partial charge in [-0.2, -0.15) is 0 Å². The highest BCUT2D eigenvalue weighted by atomic mass is 32.1. The molecule has 2 aromatic rings. The summed E-state index contributed by atoms with van der Waals surface area (Å²) in [5, 5.41) is 13.6. The number of nitrogens with zero attached hydrogens (tertiary/aromatic N) is 1. The van der Waals surface area contributed by atoms with Gasteiger partial charge in [0, 0.05) is 18.0 Å². The monoisotopic (exact) mass is 248 g/mol. The largest absolute Gasteiger partial charge is 0.508 e. The van der Waals surface area contributed by atoms with Gasteiger partial charge in [0.05, 0.1) is 5.69 Å². The Labute approximate surface area is 105 Å². The van der Waals surface area contributed by atoms with Crippen molar-refractivity contribution in [3.63, 3.8) is 0 Å². The number of phenolic OH excluding ortho intramolecular Hbond substituents is 1. The second kappa shape index (κ2) is 5.29. The molecule has 0 bridgehead atoms. The van der Waals surface area contributed by atoms with Crippen molar-refractivity contribution in [2.75, 3.05) is 0 Å². The molecule has 4 heteroatoms. The summed E-state index contributed by atoms with van der Waals surface area (Å²) >= 11 is 1.74. The number of thiazole rings is 1. The van der Waals surface area contributed by atoms with Gasteiger partial charge in [0.2, 0.25) is 0 Å². The molecule has 0 amide bonds. The maximum atomic E-state index is 9.16. The maximum Gasteiger partial charge on any atom is 0.115 e. The lowest BCUT2D eigenvalue weighted by molar-refractivity contribution is 0.475. The van der Waals surface area contributed by atoms with Crippen molar-refractivity contribution in [3.05, 3.63) is 45.4 Å². The van der Waals surface area contributed by atoms with Gasteiger partial charge in [-0.15, -0.1) is 11.3 Å². The number of benzene rings is 1. The van der Waals surface area contributed by atoms with Crippen LogP contribution in [0.3, 0.4) is 0 Å². The Morgan fingerprint density at radius 3 is 2.47 bits per heavy atom. The van der Waals surface area contributed by atoms with Crippen LogP contribution < -0.4 is 5.32 Å². The number of phenols is 1. The van der Waals surface area contributed by atoms with Crippen molar-refractivity contribution in [2.24, 2.45) is 0 Å². The molecule has 0 spiro atoms. The van der Waals surface area contributed by atoms with Crippen LogP contribution in [-0.2, 0) is 13.1 Å². The zero-order valence-electron chi connectivity index (χ0n) is 10.0. The third-order valence-electron chi connectivity index (χ3n) is 2.61. The average molecular weight is 248 g/mol. The molecule has 1 aromatic carbocycles. The first kappa shape index (κ1) is 12.1. The zero-order valence-corrected chi connectivity index (χ0v) is 10.8. The van der Waals surface area contributed by atoms with Gasteiger partial charge < -0.3 is 10.4 Å².